The molecule has 1 aliphatic heterocycles. The zero-order valence-electron chi connectivity index (χ0n) is 22.4. The Labute approximate surface area is 211 Å². The minimum atomic E-state index is -0.519. The molecular formula is C28H46N2O5. The minimum absolute atomic E-state index is 0.151. The van der Waals surface area contributed by atoms with Crippen molar-refractivity contribution >= 4 is 12.0 Å². The fourth-order valence-electron chi connectivity index (χ4n) is 4.91. The van der Waals surface area contributed by atoms with Gasteiger partial charge in [0.15, 0.2) is 0 Å². The molecule has 0 aromatic heterocycles. The fraction of sp³-hybridized carbons (Fsp3) is 0.714. The molecule has 7 heteroatoms. The summed E-state index contributed by atoms with van der Waals surface area (Å²) in [5.41, 5.74) is 1.01. The molecule has 2 rings (SSSR count). The molecule has 3 N–H and O–H groups in total. The lowest BCUT2D eigenvalue weighted by Crippen LogP contribution is -2.36. The average Bonchev–Trinajstić information content (AvgIpc) is 3.42. The van der Waals surface area contributed by atoms with Crippen LogP contribution in [0.15, 0.2) is 36.0 Å². The smallest absolute Gasteiger partial charge is 0.407 e. The number of amides is 2. The Balaban J connectivity index is 1.68. The van der Waals surface area contributed by atoms with Crippen molar-refractivity contribution in [2.75, 3.05) is 7.05 Å². The Morgan fingerprint density at radius 3 is 2.34 bits per heavy atom. The van der Waals surface area contributed by atoms with E-state index in [1.54, 1.807) is 13.0 Å². The van der Waals surface area contributed by atoms with Crippen molar-refractivity contribution in [2.45, 2.75) is 110 Å². The van der Waals surface area contributed by atoms with E-state index in [2.05, 4.69) is 44.4 Å². The maximum Gasteiger partial charge on any atom is 0.407 e. The quantitative estimate of drug-likeness (QED) is 0.207. The zero-order valence-corrected chi connectivity index (χ0v) is 22.4. The Morgan fingerprint density at radius 2 is 1.77 bits per heavy atom. The Bertz CT molecular complexity index is 782. The molecule has 1 aliphatic carbocycles. The standard InChI is InChI=1S/C28H46N2O5/c1-19(2)17-28(22(5)35-28)18-25(31)15-8-20(3)7-10-23-11-13-24(14-12-23)30-26(32)16-9-21(4)34-27(33)29-6/h7-9,15-16,19,21-25,31H,10-14,17-18H2,1-6H3,(H,29,33)(H,30,32). The molecule has 7 nitrogen and oxygen atoms in total. The lowest BCUT2D eigenvalue weighted by Gasteiger charge is -2.28. The van der Waals surface area contributed by atoms with Gasteiger partial charge in [0.25, 0.3) is 0 Å². The molecule has 0 radical (unpaired) electrons. The van der Waals surface area contributed by atoms with Crippen molar-refractivity contribution in [1.82, 2.24) is 10.6 Å². The first kappa shape index (κ1) is 29.1. The topological polar surface area (TPSA) is 100 Å². The first-order chi connectivity index (χ1) is 16.5. The Hall–Kier alpha value is -2.12. The number of nitrogens with one attached hydrogen (secondary N) is 2. The van der Waals surface area contributed by atoms with Gasteiger partial charge < -0.3 is 25.2 Å². The molecule has 1 saturated carbocycles. The van der Waals surface area contributed by atoms with Gasteiger partial charge in [-0.25, -0.2) is 4.79 Å². The zero-order chi connectivity index (χ0) is 26.0. The highest BCUT2D eigenvalue weighted by Gasteiger charge is 2.53. The van der Waals surface area contributed by atoms with Gasteiger partial charge in [-0.3, -0.25) is 4.79 Å². The SMILES string of the molecule is CNC(=O)OC(C)C=CC(=O)NC1CCC(CC=C(C)C=CC(O)CC2(CC(C)C)OC2C)CC1. The van der Waals surface area contributed by atoms with E-state index in [9.17, 15) is 14.7 Å². The number of ether oxygens (including phenoxy) is 2. The predicted octanol–water partition coefficient (Wildman–Crippen LogP) is 4.81. The largest absolute Gasteiger partial charge is 0.442 e. The van der Waals surface area contributed by atoms with Crippen LogP contribution in [-0.2, 0) is 14.3 Å². The summed E-state index contributed by atoms with van der Waals surface area (Å²) in [5.74, 6) is 1.01. The van der Waals surface area contributed by atoms with Crippen molar-refractivity contribution in [2.24, 2.45) is 11.8 Å². The van der Waals surface area contributed by atoms with E-state index in [1.165, 1.54) is 18.7 Å². The lowest BCUT2D eigenvalue weighted by atomic mass is 9.83. The predicted molar refractivity (Wildman–Crippen MR) is 139 cm³/mol. The van der Waals surface area contributed by atoms with Crippen LogP contribution < -0.4 is 10.6 Å². The van der Waals surface area contributed by atoms with Crippen LogP contribution in [0.2, 0.25) is 0 Å². The summed E-state index contributed by atoms with van der Waals surface area (Å²) in [5, 5.41) is 15.9. The number of rotatable bonds is 12. The number of epoxide rings is 1. The number of hydrogen-bond donors (Lipinski definition) is 3. The van der Waals surface area contributed by atoms with Gasteiger partial charge in [-0.1, -0.05) is 37.6 Å². The van der Waals surface area contributed by atoms with Gasteiger partial charge in [-0.15, -0.1) is 0 Å². The second kappa shape index (κ2) is 13.8. The molecule has 0 aromatic rings. The van der Waals surface area contributed by atoms with Crippen LogP contribution >= 0.6 is 0 Å². The number of carbonyl (C=O) groups excluding carboxylic acids is 2. The average molecular weight is 491 g/mol. The van der Waals surface area contributed by atoms with Gasteiger partial charge in [0, 0.05) is 25.6 Å². The number of aliphatic hydroxyl groups is 1. The highest BCUT2D eigenvalue weighted by Crippen LogP contribution is 2.45. The van der Waals surface area contributed by atoms with Crippen LogP contribution in [-0.4, -0.2) is 54.1 Å². The molecule has 1 heterocycles. The molecule has 0 spiro atoms. The lowest BCUT2D eigenvalue weighted by molar-refractivity contribution is -0.117. The molecule has 198 valence electrons. The summed E-state index contributed by atoms with van der Waals surface area (Å²) in [6, 6.07) is 0.184. The summed E-state index contributed by atoms with van der Waals surface area (Å²) in [6.45, 7) is 10.3. The summed E-state index contributed by atoms with van der Waals surface area (Å²) in [6.07, 6.45) is 14.7. The highest BCUT2D eigenvalue weighted by atomic mass is 16.6. The van der Waals surface area contributed by atoms with Crippen molar-refractivity contribution in [3.8, 4) is 0 Å². The number of aliphatic hydroxyl groups excluding tert-OH is 1. The summed E-state index contributed by atoms with van der Waals surface area (Å²) < 4.78 is 10.9. The van der Waals surface area contributed by atoms with E-state index in [4.69, 9.17) is 9.47 Å². The molecule has 2 amide bonds. The normalized spacial score (nSPS) is 28.8. The van der Waals surface area contributed by atoms with Gasteiger partial charge in [-0.05, 0) is 77.2 Å². The Kier molecular flexibility index (Phi) is 11.5. The molecule has 35 heavy (non-hydrogen) atoms. The summed E-state index contributed by atoms with van der Waals surface area (Å²) in [4.78, 5) is 23.3. The second-order valence-corrected chi connectivity index (χ2v) is 10.7. The van der Waals surface area contributed by atoms with E-state index >= 15 is 0 Å². The van der Waals surface area contributed by atoms with Crippen LogP contribution in [0, 0.1) is 11.8 Å². The van der Waals surface area contributed by atoms with E-state index in [0.29, 0.717) is 18.3 Å². The Morgan fingerprint density at radius 1 is 1.11 bits per heavy atom. The maximum atomic E-state index is 12.2. The third-order valence-corrected chi connectivity index (χ3v) is 6.97. The molecule has 2 aliphatic rings. The van der Waals surface area contributed by atoms with Crippen LogP contribution in [0.3, 0.4) is 0 Å². The maximum absolute atomic E-state index is 12.2. The third kappa shape index (κ3) is 10.6. The second-order valence-electron chi connectivity index (χ2n) is 10.7. The van der Waals surface area contributed by atoms with Crippen molar-refractivity contribution in [3.05, 3.63) is 36.0 Å². The number of hydrogen-bond acceptors (Lipinski definition) is 5. The van der Waals surface area contributed by atoms with Crippen LogP contribution in [0.25, 0.3) is 0 Å². The highest BCUT2D eigenvalue weighted by molar-refractivity contribution is 5.87. The van der Waals surface area contributed by atoms with E-state index in [1.807, 2.05) is 12.2 Å². The first-order valence-electron chi connectivity index (χ1n) is 13.1. The van der Waals surface area contributed by atoms with Crippen LogP contribution in [0.5, 0.6) is 0 Å². The van der Waals surface area contributed by atoms with E-state index in [-0.39, 0.29) is 23.7 Å². The monoisotopic (exact) mass is 490 g/mol. The van der Waals surface area contributed by atoms with Crippen molar-refractivity contribution < 1.29 is 24.2 Å². The van der Waals surface area contributed by atoms with Crippen LogP contribution in [0.1, 0.15) is 79.6 Å². The molecule has 0 bridgehead atoms. The van der Waals surface area contributed by atoms with Gasteiger partial charge in [0.05, 0.1) is 17.8 Å². The van der Waals surface area contributed by atoms with Crippen molar-refractivity contribution in [3.63, 3.8) is 0 Å². The molecular weight excluding hydrogens is 444 g/mol. The molecule has 1 saturated heterocycles. The van der Waals surface area contributed by atoms with Gasteiger partial charge in [-0.2, -0.15) is 0 Å². The number of alkyl carbamates (subject to hydrolysis) is 1. The third-order valence-electron chi connectivity index (χ3n) is 6.97. The van der Waals surface area contributed by atoms with E-state index < -0.39 is 18.3 Å². The van der Waals surface area contributed by atoms with Gasteiger partial charge in [0.2, 0.25) is 5.91 Å². The van der Waals surface area contributed by atoms with Crippen LogP contribution in [0.4, 0.5) is 4.79 Å². The van der Waals surface area contributed by atoms with Gasteiger partial charge >= 0.3 is 6.09 Å². The number of allylic oxidation sites excluding steroid dienone is 3. The van der Waals surface area contributed by atoms with E-state index in [0.717, 1.165) is 38.5 Å². The minimum Gasteiger partial charge on any atom is -0.442 e. The molecule has 4 atom stereocenters. The summed E-state index contributed by atoms with van der Waals surface area (Å²) >= 11 is 0. The number of carbonyl (C=O) groups is 2. The first-order valence-corrected chi connectivity index (χ1v) is 13.1. The van der Waals surface area contributed by atoms with Crippen molar-refractivity contribution in [1.29, 1.82) is 0 Å². The summed E-state index contributed by atoms with van der Waals surface area (Å²) in [7, 11) is 1.49. The van der Waals surface area contributed by atoms with Gasteiger partial charge in [0.1, 0.15) is 6.10 Å². The molecule has 4 unspecified atom stereocenters. The molecule has 2 fully saturated rings. The fourth-order valence-corrected chi connectivity index (χ4v) is 4.91. The molecule has 0 aromatic carbocycles.